The third-order valence-corrected chi connectivity index (χ3v) is 4.24. The van der Waals surface area contributed by atoms with Gasteiger partial charge in [0.25, 0.3) is 5.91 Å². The maximum Gasteiger partial charge on any atom is 0.272 e. The molecule has 1 aromatic heterocycles. The van der Waals surface area contributed by atoms with E-state index in [9.17, 15) is 9.59 Å². The topological polar surface area (TPSA) is 65.5 Å². The Hall–Kier alpha value is -2.89. The number of pyridine rings is 1. The molecule has 2 aromatic rings. The van der Waals surface area contributed by atoms with Gasteiger partial charge in [0, 0.05) is 43.8 Å². The van der Waals surface area contributed by atoms with E-state index >= 15 is 0 Å². The number of carbonyl (C=O) groups is 2. The monoisotopic (exact) mass is 338 g/mol. The lowest BCUT2D eigenvalue weighted by atomic mass is 10.1. The van der Waals surface area contributed by atoms with Crippen molar-refractivity contribution in [3.63, 3.8) is 0 Å². The van der Waals surface area contributed by atoms with Gasteiger partial charge < -0.3 is 15.1 Å². The van der Waals surface area contributed by atoms with Crippen LogP contribution in [-0.2, 0) is 4.79 Å². The number of hydrogen-bond acceptors (Lipinski definition) is 4. The molecule has 1 saturated heterocycles. The summed E-state index contributed by atoms with van der Waals surface area (Å²) in [5.74, 6) is -0.102. The summed E-state index contributed by atoms with van der Waals surface area (Å²) in [7, 11) is 0. The van der Waals surface area contributed by atoms with E-state index in [0.717, 1.165) is 17.8 Å². The van der Waals surface area contributed by atoms with Gasteiger partial charge in [0.1, 0.15) is 5.69 Å². The molecule has 0 radical (unpaired) electrons. The van der Waals surface area contributed by atoms with E-state index < -0.39 is 0 Å². The van der Waals surface area contributed by atoms with E-state index in [0.29, 0.717) is 31.9 Å². The predicted octanol–water partition coefficient (Wildman–Crippen LogP) is 2.36. The molecule has 1 aliphatic heterocycles. The molecule has 1 N–H and O–H groups in total. The van der Waals surface area contributed by atoms with Gasteiger partial charge in [-0.1, -0.05) is 6.07 Å². The van der Waals surface area contributed by atoms with Gasteiger partial charge in [0.15, 0.2) is 0 Å². The number of anilines is 2. The van der Waals surface area contributed by atoms with Crippen molar-refractivity contribution < 1.29 is 9.59 Å². The van der Waals surface area contributed by atoms with Gasteiger partial charge in [-0.3, -0.25) is 14.6 Å². The molecule has 2 heterocycles. The molecule has 0 atom stereocenters. The number of aryl methyl sites for hydroxylation is 2. The van der Waals surface area contributed by atoms with Crippen LogP contribution in [0.5, 0.6) is 0 Å². The lowest BCUT2D eigenvalue weighted by Gasteiger charge is -2.32. The van der Waals surface area contributed by atoms with Crippen molar-refractivity contribution in [3.05, 3.63) is 53.3 Å². The summed E-state index contributed by atoms with van der Waals surface area (Å²) in [5.41, 5.74) is 4.59. The van der Waals surface area contributed by atoms with E-state index in [1.807, 2.05) is 6.07 Å². The second-order valence-corrected chi connectivity index (χ2v) is 6.36. The number of hydrogen-bond donors (Lipinski definition) is 1. The Morgan fingerprint density at radius 1 is 1.04 bits per heavy atom. The van der Waals surface area contributed by atoms with Gasteiger partial charge in [-0.2, -0.15) is 0 Å². The second-order valence-electron chi connectivity index (χ2n) is 6.36. The first-order chi connectivity index (χ1) is 12.0. The molecular weight excluding hydrogens is 316 g/mol. The van der Waals surface area contributed by atoms with Crippen LogP contribution in [0.25, 0.3) is 0 Å². The summed E-state index contributed by atoms with van der Waals surface area (Å²) < 4.78 is 0. The first kappa shape index (κ1) is 17.0. The summed E-state index contributed by atoms with van der Waals surface area (Å²) in [6, 6.07) is 9.86. The molecule has 6 heteroatoms. The van der Waals surface area contributed by atoms with Crippen molar-refractivity contribution in [2.45, 2.75) is 13.8 Å². The molecule has 1 aliphatic rings. The Labute approximate surface area is 147 Å². The molecule has 1 aromatic carbocycles. The largest absolute Gasteiger partial charge is 0.355 e. The second kappa shape index (κ2) is 7.34. The fourth-order valence-electron chi connectivity index (χ4n) is 3.03. The molecule has 2 amide bonds. The molecule has 130 valence electrons. The third kappa shape index (κ3) is 4.15. The Morgan fingerprint density at radius 3 is 2.36 bits per heavy atom. The van der Waals surface area contributed by atoms with Gasteiger partial charge in [0.05, 0.1) is 0 Å². The summed E-state index contributed by atoms with van der Waals surface area (Å²) in [4.78, 5) is 31.0. The molecule has 0 bridgehead atoms. The van der Waals surface area contributed by atoms with Crippen LogP contribution in [0.15, 0.2) is 36.5 Å². The highest BCUT2D eigenvalue weighted by molar-refractivity contribution is 5.93. The highest BCUT2D eigenvalue weighted by atomic mass is 16.2. The minimum Gasteiger partial charge on any atom is -0.355 e. The van der Waals surface area contributed by atoms with Crippen molar-refractivity contribution in [3.8, 4) is 0 Å². The van der Waals surface area contributed by atoms with Crippen LogP contribution in [-0.4, -0.2) is 53.3 Å². The molecule has 1 fully saturated rings. The van der Waals surface area contributed by atoms with Crippen LogP contribution < -0.4 is 5.32 Å². The average molecular weight is 338 g/mol. The zero-order valence-electron chi connectivity index (χ0n) is 14.5. The molecule has 0 spiro atoms. The van der Waals surface area contributed by atoms with Crippen molar-refractivity contribution >= 4 is 23.7 Å². The number of carbonyl (C=O) groups excluding carboxylic acids is 2. The smallest absolute Gasteiger partial charge is 0.272 e. The van der Waals surface area contributed by atoms with Crippen molar-refractivity contribution in [1.82, 2.24) is 14.8 Å². The first-order valence-corrected chi connectivity index (χ1v) is 8.35. The maximum absolute atomic E-state index is 12.6. The highest BCUT2D eigenvalue weighted by Crippen LogP contribution is 2.20. The van der Waals surface area contributed by atoms with Crippen LogP contribution in [0.3, 0.4) is 0 Å². The summed E-state index contributed by atoms with van der Waals surface area (Å²) in [6.45, 7) is 6.31. The summed E-state index contributed by atoms with van der Waals surface area (Å²) in [5, 5.41) is 3.33. The predicted molar refractivity (Wildman–Crippen MR) is 97.0 cm³/mol. The van der Waals surface area contributed by atoms with Crippen molar-refractivity contribution in [1.29, 1.82) is 0 Å². The quantitative estimate of drug-likeness (QED) is 0.869. The average Bonchev–Trinajstić information content (AvgIpc) is 2.60. The van der Waals surface area contributed by atoms with Crippen LogP contribution in [0.1, 0.15) is 21.6 Å². The van der Waals surface area contributed by atoms with E-state index in [1.165, 1.54) is 11.1 Å². The zero-order valence-corrected chi connectivity index (χ0v) is 14.5. The third-order valence-electron chi connectivity index (χ3n) is 4.24. The highest BCUT2D eigenvalue weighted by Gasteiger charge is 2.22. The number of nitrogens with zero attached hydrogens (tertiary/aromatic N) is 3. The fraction of sp³-hybridized carbons (Fsp3) is 0.316. The van der Waals surface area contributed by atoms with Crippen molar-refractivity contribution in [2.24, 2.45) is 0 Å². The number of rotatable bonds is 4. The van der Waals surface area contributed by atoms with E-state index in [4.69, 9.17) is 0 Å². The Morgan fingerprint density at radius 2 is 1.72 bits per heavy atom. The number of benzene rings is 1. The fourth-order valence-corrected chi connectivity index (χ4v) is 3.03. The molecule has 0 unspecified atom stereocenters. The molecule has 0 saturated carbocycles. The standard InChI is InChI=1S/C19H22N4O2/c1-14-9-15(2)11-17(10-14)21-16-3-4-20-18(12-16)19(25)23-7-5-22(13-24)6-8-23/h3-4,9-13H,5-8H2,1-2H3,(H,20,21). The van der Waals surface area contributed by atoms with Gasteiger partial charge in [-0.05, 0) is 49.2 Å². The normalized spacial score (nSPS) is 14.3. The van der Waals surface area contributed by atoms with Gasteiger partial charge in [-0.25, -0.2) is 0 Å². The van der Waals surface area contributed by atoms with Crippen LogP contribution in [0, 0.1) is 13.8 Å². The number of piperazine rings is 1. The lowest BCUT2D eigenvalue weighted by Crippen LogP contribution is -2.48. The molecule has 3 rings (SSSR count). The Bertz CT molecular complexity index is 762. The minimum absolute atomic E-state index is 0.102. The Balaban J connectivity index is 1.72. The minimum atomic E-state index is -0.102. The van der Waals surface area contributed by atoms with Gasteiger partial charge in [-0.15, -0.1) is 0 Å². The molecule has 25 heavy (non-hydrogen) atoms. The van der Waals surface area contributed by atoms with Gasteiger partial charge in [0.2, 0.25) is 6.41 Å². The van der Waals surface area contributed by atoms with E-state index in [1.54, 1.807) is 22.1 Å². The maximum atomic E-state index is 12.6. The molecule has 0 aliphatic carbocycles. The molecule has 6 nitrogen and oxygen atoms in total. The summed E-state index contributed by atoms with van der Waals surface area (Å²) in [6.07, 6.45) is 2.47. The first-order valence-electron chi connectivity index (χ1n) is 8.35. The zero-order chi connectivity index (χ0) is 17.8. The van der Waals surface area contributed by atoms with Crippen molar-refractivity contribution in [2.75, 3.05) is 31.5 Å². The van der Waals surface area contributed by atoms with E-state index in [2.05, 4.69) is 42.3 Å². The number of aromatic nitrogens is 1. The Kier molecular flexibility index (Phi) is 4.97. The van der Waals surface area contributed by atoms with Crippen LogP contribution in [0.2, 0.25) is 0 Å². The molecular formula is C19H22N4O2. The van der Waals surface area contributed by atoms with Crippen LogP contribution in [0.4, 0.5) is 11.4 Å². The van der Waals surface area contributed by atoms with Gasteiger partial charge >= 0.3 is 0 Å². The number of amides is 2. The number of nitrogens with one attached hydrogen (secondary N) is 1. The SMILES string of the molecule is Cc1cc(C)cc(Nc2ccnc(C(=O)N3CCN(C=O)CC3)c2)c1. The van der Waals surface area contributed by atoms with E-state index in [-0.39, 0.29) is 5.91 Å². The van der Waals surface area contributed by atoms with Crippen LogP contribution >= 0.6 is 0 Å². The lowest BCUT2D eigenvalue weighted by molar-refractivity contribution is -0.119. The summed E-state index contributed by atoms with van der Waals surface area (Å²) >= 11 is 0.